The molecule has 1 aliphatic rings. The lowest BCUT2D eigenvalue weighted by molar-refractivity contribution is 0.690. The molecule has 0 N–H and O–H groups in total. The molecule has 0 spiro atoms. The minimum Gasteiger partial charge on any atom is -0.313 e. The molecule has 62 heavy (non-hydrogen) atoms. The fourth-order valence-corrected chi connectivity index (χ4v) is 11.2. The first kappa shape index (κ1) is 36.4. The van der Waals surface area contributed by atoms with Crippen molar-refractivity contribution in [2.45, 2.75) is 13.3 Å². The maximum absolute atomic E-state index is 2.51. The van der Waals surface area contributed by atoms with Crippen molar-refractivity contribution in [3.8, 4) is 39.1 Å². The molecule has 0 bridgehead atoms. The molecule has 0 aliphatic heterocycles. The van der Waals surface area contributed by atoms with E-state index < -0.39 is 0 Å². The molecular formula is C59H42N2S. The quantitative estimate of drug-likeness (QED) is 0.156. The van der Waals surface area contributed by atoms with Gasteiger partial charge in [0.25, 0.3) is 0 Å². The maximum Gasteiger partial charge on any atom is 0.0558 e. The predicted octanol–water partition coefficient (Wildman–Crippen LogP) is 16.8. The van der Waals surface area contributed by atoms with Crippen molar-refractivity contribution >= 4 is 76.3 Å². The van der Waals surface area contributed by atoms with Crippen LogP contribution in [-0.4, -0.2) is 4.57 Å². The third-order valence-corrected chi connectivity index (χ3v) is 13.9. The Morgan fingerprint density at radius 2 is 1.18 bits per heavy atom. The number of aromatic nitrogens is 1. The van der Waals surface area contributed by atoms with Crippen LogP contribution < -0.4 is 4.90 Å². The molecular weight excluding hydrogens is 769 g/mol. The summed E-state index contributed by atoms with van der Waals surface area (Å²) >= 11 is 1.88. The third kappa shape index (κ3) is 6.00. The lowest BCUT2D eigenvalue weighted by atomic mass is 9.90. The highest BCUT2D eigenvalue weighted by molar-refractivity contribution is 7.26. The summed E-state index contributed by atoms with van der Waals surface area (Å²) in [6, 6.07) is 75.9. The molecule has 11 aromatic rings. The standard InChI is InChI=1S/C59H42N2S/c1-39-32-34-49-50-35-33-45(38-56(50)61(55(49)36-39)43-21-6-3-7-22-43)60(44-23-12-20-42(37-44)47-27-15-29-53-51-25-9-11-31-57(51)62-59(47)53)54-30-10-8-24-48(54)52-28-14-19-41-18-13-26-46(58(41)52)40-16-4-2-5-17-40/h2-35,37-39H,36H2,1H3. The first-order valence-corrected chi connectivity index (χ1v) is 22.4. The second kappa shape index (κ2) is 14.9. The van der Waals surface area contributed by atoms with Crippen molar-refractivity contribution in [2.24, 2.45) is 5.92 Å². The Morgan fingerprint density at radius 3 is 2.05 bits per heavy atom. The zero-order valence-corrected chi connectivity index (χ0v) is 35.2. The van der Waals surface area contributed by atoms with Gasteiger partial charge in [0.2, 0.25) is 0 Å². The number of anilines is 3. The molecule has 294 valence electrons. The molecule has 0 amide bonds. The highest BCUT2D eigenvalue weighted by atomic mass is 32.1. The average molecular weight is 811 g/mol. The SMILES string of the molecule is CC1C=Cc2c(n(-c3ccccc3)c3cc(N(c4cccc(-c5cccc6c5sc5ccccc56)c4)c4ccccc4-c4cccc5cccc(-c6ccccc6)c45)ccc23)C1. The summed E-state index contributed by atoms with van der Waals surface area (Å²) in [6.45, 7) is 2.32. The molecule has 12 rings (SSSR count). The summed E-state index contributed by atoms with van der Waals surface area (Å²) in [5.74, 6) is 0.465. The topological polar surface area (TPSA) is 8.17 Å². The van der Waals surface area contributed by atoms with Gasteiger partial charge in [0, 0.05) is 59.4 Å². The Hall–Kier alpha value is -7.46. The Morgan fingerprint density at radius 1 is 0.516 bits per heavy atom. The van der Waals surface area contributed by atoms with E-state index in [2.05, 4.69) is 235 Å². The van der Waals surface area contributed by atoms with Gasteiger partial charge in [-0.25, -0.2) is 0 Å². The molecule has 2 nitrogen and oxygen atoms in total. The first-order valence-electron chi connectivity index (χ1n) is 21.6. The number of para-hydroxylation sites is 2. The zero-order chi connectivity index (χ0) is 41.1. The lowest BCUT2D eigenvalue weighted by Gasteiger charge is -2.29. The summed E-state index contributed by atoms with van der Waals surface area (Å²) in [4.78, 5) is 2.49. The normalized spacial score (nSPS) is 13.6. The minimum atomic E-state index is 0.465. The van der Waals surface area contributed by atoms with E-state index in [4.69, 9.17) is 0 Å². The van der Waals surface area contributed by atoms with Gasteiger partial charge in [0.1, 0.15) is 0 Å². The fourth-order valence-electron chi connectivity index (χ4n) is 9.92. The number of fused-ring (bicyclic) bond motifs is 7. The number of rotatable bonds is 7. The highest BCUT2D eigenvalue weighted by Crippen LogP contribution is 2.48. The molecule has 0 radical (unpaired) electrons. The van der Waals surface area contributed by atoms with Crippen molar-refractivity contribution in [1.82, 2.24) is 4.57 Å². The van der Waals surface area contributed by atoms with E-state index in [1.165, 1.54) is 92.2 Å². The molecule has 2 aromatic heterocycles. The number of thiophene rings is 1. The smallest absolute Gasteiger partial charge is 0.0558 e. The summed E-state index contributed by atoms with van der Waals surface area (Å²) in [5.41, 5.74) is 15.7. The maximum atomic E-state index is 2.51. The van der Waals surface area contributed by atoms with Gasteiger partial charge in [-0.15, -0.1) is 11.3 Å². The van der Waals surface area contributed by atoms with Crippen LogP contribution in [-0.2, 0) is 6.42 Å². The number of benzene rings is 9. The molecule has 1 unspecified atom stereocenters. The highest BCUT2D eigenvalue weighted by Gasteiger charge is 2.25. The fraction of sp³-hybridized carbons (Fsp3) is 0.0508. The number of hydrogen-bond acceptors (Lipinski definition) is 2. The molecule has 1 atom stereocenters. The molecule has 3 heteroatoms. The Bertz CT molecular complexity index is 3510. The van der Waals surface area contributed by atoms with Crippen LogP contribution in [0.2, 0.25) is 0 Å². The van der Waals surface area contributed by atoms with Crippen LogP contribution in [0.5, 0.6) is 0 Å². The number of hydrogen-bond donors (Lipinski definition) is 0. The summed E-state index contributed by atoms with van der Waals surface area (Å²) in [5, 5.41) is 6.36. The van der Waals surface area contributed by atoms with Gasteiger partial charge in [-0.2, -0.15) is 0 Å². The third-order valence-electron chi connectivity index (χ3n) is 12.7. The van der Waals surface area contributed by atoms with Crippen molar-refractivity contribution < 1.29 is 0 Å². The van der Waals surface area contributed by atoms with Gasteiger partial charge >= 0.3 is 0 Å². The lowest BCUT2D eigenvalue weighted by Crippen LogP contribution is -2.12. The van der Waals surface area contributed by atoms with E-state index in [1.807, 2.05) is 11.3 Å². The molecule has 0 fully saturated rings. The second-order valence-electron chi connectivity index (χ2n) is 16.5. The first-order chi connectivity index (χ1) is 30.7. The van der Waals surface area contributed by atoms with Crippen LogP contribution in [0, 0.1) is 5.92 Å². The van der Waals surface area contributed by atoms with E-state index in [-0.39, 0.29) is 0 Å². The van der Waals surface area contributed by atoms with E-state index in [0.29, 0.717) is 5.92 Å². The van der Waals surface area contributed by atoms with Crippen LogP contribution >= 0.6 is 11.3 Å². The van der Waals surface area contributed by atoms with Crippen molar-refractivity contribution in [1.29, 1.82) is 0 Å². The van der Waals surface area contributed by atoms with E-state index in [1.54, 1.807) is 0 Å². The largest absolute Gasteiger partial charge is 0.313 e. The van der Waals surface area contributed by atoms with Crippen LogP contribution in [0.4, 0.5) is 17.1 Å². The second-order valence-corrected chi connectivity index (χ2v) is 17.6. The monoisotopic (exact) mass is 810 g/mol. The summed E-state index contributed by atoms with van der Waals surface area (Å²) < 4.78 is 5.14. The Kier molecular flexibility index (Phi) is 8.76. The van der Waals surface area contributed by atoms with E-state index >= 15 is 0 Å². The number of allylic oxidation sites excluding steroid dienone is 1. The van der Waals surface area contributed by atoms with Crippen molar-refractivity contribution in [3.05, 3.63) is 224 Å². The number of nitrogens with zero attached hydrogens (tertiary/aromatic N) is 2. The van der Waals surface area contributed by atoms with Gasteiger partial charge in [-0.1, -0.05) is 177 Å². The van der Waals surface area contributed by atoms with Gasteiger partial charge in [-0.3, -0.25) is 0 Å². The Labute approximate surface area is 365 Å². The van der Waals surface area contributed by atoms with Crippen molar-refractivity contribution in [3.63, 3.8) is 0 Å². The molecule has 9 aromatic carbocycles. The molecule has 1 aliphatic carbocycles. The predicted molar refractivity (Wildman–Crippen MR) is 267 cm³/mol. The van der Waals surface area contributed by atoms with Gasteiger partial charge in [0.05, 0.1) is 11.2 Å². The average Bonchev–Trinajstić information content (AvgIpc) is 3.87. The van der Waals surface area contributed by atoms with Gasteiger partial charge in [0.15, 0.2) is 0 Å². The van der Waals surface area contributed by atoms with E-state index in [9.17, 15) is 0 Å². The molecule has 0 saturated heterocycles. The zero-order valence-electron chi connectivity index (χ0n) is 34.4. The Balaban J connectivity index is 1.12. The molecule has 0 saturated carbocycles. The van der Waals surface area contributed by atoms with Gasteiger partial charge < -0.3 is 9.47 Å². The summed E-state index contributed by atoms with van der Waals surface area (Å²) in [6.07, 6.45) is 5.71. The van der Waals surface area contributed by atoms with Crippen LogP contribution in [0.1, 0.15) is 18.2 Å². The van der Waals surface area contributed by atoms with Gasteiger partial charge in [-0.05, 0) is 99.5 Å². The van der Waals surface area contributed by atoms with Crippen molar-refractivity contribution in [2.75, 3.05) is 4.90 Å². The van der Waals surface area contributed by atoms with E-state index in [0.717, 1.165) is 23.5 Å². The summed E-state index contributed by atoms with van der Waals surface area (Å²) in [7, 11) is 0. The van der Waals surface area contributed by atoms with Crippen LogP contribution in [0.25, 0.3) is 87.0 Å². The van der Waals surface area contributed by atoms with Crippen LogP contribution in [0.15, 0.2) is 212 Å². The van der Waals surface area contributed by atoms with Crippen LogP contribution in [0.3, 0.4) is 0 Å². The molecule has 2 heterocycles. The minimum absolute atomic E-state index is 0.465.